The summed E-state index contributed by atoms with van der Waals surface area (Å²) < 4.78 is 24.5. The molecule has 0 aromatic rings. The van der Waals surface area contributed by atoms with Crippen molar-refractivity contribution in [1.29, 1.82) is 0 Å². The highest BCUT2D eigenvalue weighted by Gasteiger charge is 2.41. The minimum absolute atomic E-state index is 0.0454. The lowest BCUT2D eigenvalue weighted by Gasteiger charge is -2.33. The molecule has 136 valence electrons. The SMILES string of the molecule is CC(=O)OCC(C)(COC(C)=O)C(=O)OCC1(C)COC(=O)OC1. The molecule has 0 atom stereocenters. The van der Waals surface area contributed by atoms with Crippen molar-refractivity contribution in [3.8, 4) is 0 Å². The summed E-state index contributed by atoms with van der Waals surface area (Å²) in [5.41, 5.74) is -2.03. The fraction of sp³-hybridized carbons (Fsp3) is 0.733. The summed E-state index contributed by atoms with van der Waals surface area (Å²) in [6.07, 6.45) is -0.770. The molecule has 1 heterocycles. The monoisotopic (exact) mass is 346 g/mol. The van der Waals surface area contributed by atoms with Gasteiger partial charge in [0.15, 0.2) is 0 Å². The van der Waals surface area contributed by atoms with E-state index in [9.17, 15) is 19.2 Å². The number of carbonyl (C=O) groups excluding carboxylic acids is 4. The van der Waals surface area contributed by atoms with Crippen molar-refractivity contribution in [1.82, 2.24) is 0 Å². The topological polar surface area (TPSA) is 114 Å². The van der Waals surface area contributed by atoms with E-state index < -0.39 is 34.9 Å². The van der Waals surface area contributed by atoms with Gasteiger partial charge < -0.3 is 23.7 Å². The average molecular weight is 346 g/mol. The van der Waals surface area contributed by atoms with E-state index in [-0.39, 0.29) is 33.0 Å². The van der Waals surface area contributed by atoms with Crippen LogP contribution < -0.4 is 0 Å². The van der Waals surface area contributed by atoms with Crippen LogP contribution in [0.3, 0.4) is 0 Å². The summed E-state index contributed by atoms with van der Waals surface area (Å²) in [6.45, 7) is 5.01. The minimum atomic E-state index is -1.35. The van der Waals surface area contributed by atoms with Gasteiger partial charge in [0.2, 0.25) is 0 Å². The second-order valence-electron chi connectivity index (χ2n) is 6.34. The van der Waals surface area contributed by atoms with Crippen LogP contribution in [0.15, 0.2) is 0 Å². The number of cyclic esters (lactones) is 2. The Hall–Kier alpha value is -2.32. The van der Waals surface area contributed by atoms with Crippen LogP contribution in [0.4, 0.5) is 4.79 Å². The zero-order chi connectivity index (χ0) is 18.4. The predicted octanol–water partition coefficient (Wildman–Crippen LogP) is 0.835. The van der Waals surface area contributed by atoms with E-state index in [0.29, 0.717) is 0 Å². The van der Waals surface area contributed by atoms with E-state index >= 15 is 0 Å². The molecule has 9 nitrogen and oxygen atoms in total. The molecule has 1 rings (SSSR count). The zero-order valence-electron chi connectivity index (χ0n) is 14.2. The fourth-order valence-electron chi connectivity index (χ4n) is 1.73. The van der Waals surface area contributed by atoms with E-state index in [2.05, 4.69) is 0 Å². The van der Waals surface area contributed by atoms with E-state index in [0.717, 1.165) is 0 Å². The Morgan fingerprint density at radius 3 is 1.92 bits per heavy atom. The molecule has 0 aromatic heterocycles. The molecule has 0 spiro atoms. The van der Waals surface area contributed by atoms with Crippen molar-refractivity contribution in [3.63, 3.8) is 0 Å². The number of rotatable bonds is 7. The van der Waals surface area contributed by atoms with Crippen molar-refractivity contribution in [2.24, 2.45) is 10.8 Å². The third-order valence-corrected chi connectivity index (χ3v) is 3.31. The van der Waals surface area contributed by atoms with Gasteiger partial charge in [0.05, 0.1) is 5.41 Å². The summed E-state index contributed by atoms with van der Waals surface area (Å²) in [6, 6.07) is 0. The Balaban J connectivity index is 2.67. The second kappa shape index (κ2) is 7.98. The van der Waals surface area contributed by atoms with Crippen LogP contribution in [-0.2, 0) is 38.1 Å². The first kappa shape index (κ1) is 19.7. The van der Waals surface area contributed by atoms with Crippen molar-refractivity contribution in [2.45, 2.75) is 27.7 Å². The molecule has 0 N–H and O–H groups in total. The van der Waals surface area contributed by atoms with Crippen LogP contribution in [-0.4, -0.2) is 57.1 Å². The first-order chi connectivity index (χ1) is 11.1. The van der Waals surface area contributed by atoms with Gasteiger partial charge in [0.1, 0.15) is 38.4 Å². The molecule has 1 aliphatic rings. The molecule has 1 fully saturated rings. The molecule has 0 saturated carbocycles. The number of esters is 3. The van der Waals surface area contributed by atoms with Gasteiger partial charge in [-0.2, -0.15) is 0 Å². The second-order valence-corrected chi connectivity index (χ2v) is 6.34. The van der Waals surface area contributed by atoms with E-state index in [1.54, 1.807) is 6.92 Å². The molecule has 1 aliphatic heterocycles. The van der Waals surface area contributed by atoms with Crippen LogP contribution in [0.5, 0.6) is 0 Å². The molecule has 0 aliphatic carbocycles. The van der Waals surface area contributed by atoms with Crippen LogP contribution in [0.2, 0.25) is 0 Å². The lowest BCUT2D eigenvalue weighted by atomic mass is 9.91. The average Bonchev–Trinajstić information content (AvgIpc) is 2.52. The van der Waals surface area contributed by atoms with Crippen molar-refractivity contribution in [3.05, 3.63) is 0 Å². The van der Waals surface area contributed by atoms with E-state index in [1.165, 1.54) is 20.8 Å². The highest BCUT2D eigenvalue weighted by atomic mass is 16.7. The fourth-order valence-corrected chi connectivity index (χ4v) is 1.73. The summed E-state index contributed by atoms with van der Waals surface area (Å²) in [5, 5.41) is 0. The predicted molar refractivity (Wildman–Crippen MR) is 77.7 cm³/mol. The standard InChI is InChI=1S/C15H22O9/c1-10(16)20-8-15(4,9-21-11(2)17)12(18)22-5-14(3)6-23-13(19)24-7-14/h5-9H2,1-4H3. The van der Waals surface area contributed by atoms with Gasteiger partial charge in [-0.25, -0.2) is 4.79 Å². The molecule has 24 heavy (non-hydrogen) atoms. The van der Waals surface area contributed by atoms with E-state index in [4.69, 9.17) is 23.7 Å². The quantitative estimate of drug-likeness (QED) is 0.488. The summed E-state index contributed by atoms with van der Waals surface area (Å²) >= 11 is 0. The Morgan fingerprint density at radius 2 is 1.50 bits per heavy atom. The molecule has 1 saturated heterocycles. The maximum atomic E-state index is 12.4. The van der Waals surface area contributed by atoms with Crippen LogP contribution in [0, 0.1) is 10.8 Å². The van der Waals surface area contributed by atoms with Crippen LogP contribution in [0.1, 0.15) is 27.7 Å². The third-order valence-electron chi connectivity index (χ3n) is 3.31. The molecule has 0 radical (unpaired) electrons. The molecule has 0 amide bonds. The molecular weight excluding hydrogens is 324 g/mol. The number of hydrogen-bond acceptors (Lipinski definition) is 9. The van der Waals surface area contributed by atoms with Gasteiger partial charge in [-0.05, 0) is 13.8 Å². The molecule has 9 heteroatoms. The Bertz CT molecular complexity index is 483. The van der Waals surface area contributed by atoms with Crippen molar-refractivity contribution in [2.75, 3.05) is 33.0 Å². The van der Waals surface area contributed by atoms with Crippen molar-refractivity contribution < 1.29 is 42.9 Å². The first-order valence-electron chi connectivity index (χ1n) is 7.30. The molecule has 0 unspecified atom stereocenters. The maximum absolute atomic E-state index is 12.4. The largest absolute Gasteiger partial charge is 0.508 e. The van der Waals surface area contributed by atoms with Gasteiger partial charge in [0, 0.05) is 13.8 Å². The minimum Gasteiger partial charge on any atom is -0.465 e. The lowest BCUT2D eigenvalue weighted by Crippen LogP contribution is -2.45. The Labute approximate surface area is 139 Å². The normalized spacial score (nSPS) is 16.4. The number of ether oxygens (including phenoxy) is 5. The Kier molecular flexibility index (Phi) is 6.56. The maximum Gasteiger partial charge on any atom is 0.508 e. The summed E-state index contributed by atoms with van der Waals surface area (Å²) in [4.78, 5) is 45.3. The van der Waals surface area contributed by atoms with Gasteiger partial charge in [-0.1, -0.05) is 0 Å². The Morgan fingerprint density at radius 1 is 1.04 bits per heavy atom. The molecule has 0 bridgehead atoms. The van der Waals surface area contributed by atoms with Crippen LogP contribution >= 0.6 is 0 Å². The smallest absolute Gasteiger partial charge is 0.465 e. The third kappa shape index (κ3) is 6.05. The van der Waals surface area contributed by atoms with Gasteiger partial charge >= 0.3 is 24.1 Å². The van der Waals surface area contributed by atoms with Gasteiger partial charge in [-0.15, -0.1) is 0 Å². The van der Waals surface area contributed by atoms with Crippen molar-refractivity contribution >= 4 is 24.1 Å². The summed E-state index contributed by atoms with van der Waals surface area (Å²) in [5.74, 6) is -1.85. The highest BCUT2D eigenvalue weighted by molar-refractivity contribution is 5.78. The highest BCUT2D eigenvalue weighted by Crippen LogP contribution is 2.26. The number of carbonyl (C=O) groups is 4. The molecular formula is C15H22O9. The number of hydrogen-bond donors (Lipinski definition) is 0. The lowest BCUT2D eigenvalue weighted by molar-refractivity contribution is -0.174. The van der Waals surface area contributed by atoms with Gasteiger partial charge in [0.25, 0.3) is 0 Å². The van der Waals surface area contributed by atoms with E-state index in [1.807, 2.05) is 0 Å². The zero-order valence-corrected chi connectivity index (χ0v) is 14.2. The first-order valence-corrected chi connectivity index (χ1v) is 7.30. The summed E-state index contributed by atoms with van der Waals surface area (Å²) in [7, 11) is 0. The molecule has 0 aromatic carbocycles. The van der Waals surface area contributed by atoms with Crippen LogP contribution in [0.25, 0.3) is 0 Å². The van der Waals surface area contributed by atoms with Gasteiger partial charge in [-0.3, -0.25) is 14.4 Å².